The van der Waals surface area contributed by atoms with Gasteiger partial charge in [-0.1, -0.05) is 46.8 Å². The molecule has 1 spiro atoms. The van der Waals surface area contributed by atoms with E-state index < -0.39 is 35.0 Å². The third-order valence-corrected chi connectivity index (χ3v) is 9.38. The lowest BCUT2D eigenvalue weighted by molar-refractivity contribution is -0.304. The van der Waals surface area contributed by atoms with E-state index >= 15 is 0 Å². The average Bonchev–Trinajstić information content (AvgIpc) is 3.20. The maximum Gasteiger partial charge on any atom is 0.309 e. The van der Waals surface area contributed by atoms with Crippen LogP contribution in [0.1, 0.15) is 61.8 Å². The van der Waals surface area contributed by atoms with Crippen LogP contribution in [-0.4, -0.2) is 47.1 Å². The molecule has 6 nitrogen and oxygen atoms in total. The number of ketones is 1. The van der Waals surface area contributed by atoms with E-state index in [0.29, 0.717) is 5.92 Å². The third-order valence-electron chi connectivity index (χ3n) is 9.38. The van der Waals surface area contributed by atoms with Gasteiger partial charge in [0.2, 0.25) is 0 Å². The van der Waals surface area contributed by atoms with Crippen LogP contribution in [0.4, 0.5) is 0 Å². The number of hydrogen-bond acceptors (Lipinski definition) is 6. The monoisotopic (exact) mass is 458 g/mol. The first-order chi connectivity index (χ1) is 15.2. The summed E-state index contributed by atoms with van der Waals surface area (Å²) in [5.41, 5.74) is -1.36. The van der Waals surface area contributed by atoms with Crippen LogP contribution < -0.4 is 0 Å². The molecule has 8 unspecified atom stereocenters. The van der Waals surface area contributed by atoms with E-state index in [2.05, 4.69) is 20.8 Å². The van der Waals surface area contributed by atoms with Crippen molar-refractivity contribution in [3.8, 4) is 0 Å². The van der Waals surface area contributed by atoms with Crippen molar-refractivity contribution in [2.75, 3.05) is 6.61 Å². The van der Waals surface area contributed by atoms with Crippen LogP contribution in [-0.2, 0) is 23.8 Å². The number of ether oxygens (including phenoxy) is 3. The minimum Gasteiger partial charge on any atom is -0.454 e. The lowest BCUT2D eigenvalue weighted by atomic mass is 9.59. The van der Waals surface area contributed by atoms with Crippen molar-refractivity contribution in [3.63, 3.8) is 0 Å². The van der Waals surface area contributed by atoms with Gasteiger partial charge in [0, 0.05) is 5.92 Å². The maximum absolute atomic E-state index is 14.5. The molecule has 2 bridgehead atoms. The number of esters is 1. The van der Waals surface area contributed by atoms with Gasteiger partial charge in [0.15, 0.2) is 23.3 Å². The number of Topliss-reactive ketones (excluding diaryl/α,β-unsaturated/α-hetero) is 1. The third kappa shape index (κ3) is 2.83. The second-order valence-corrected chi connectivity index (χ2v) is 12.5. The van der Waals surface area contributed by atoms with Gasteiger partial charge in [0.05, 0.1) is 17.9 Å². The number of carbonyl (C=O) groups is 2. The van der Waals surface area contributed by atoms with E-state index in [4.69, 9.17) is 14.2 Å². The molecule has 0 radical (unpaired) electrons. The molecule has 5 rings (SSSR count). The highest BCUT2D eigenvalue weighted by Crippen LogP contribution is 2.72. The van der Waals surface area contributed by atoms with E-state index in [-0.39, 0.29) is 41.5 Å². The Morgan fingerprint density at radius 1 is 1.24 bits per heavy atom. The minimum absolute atomic E-state index is 0.0290. The second kappa shape index (κ2) is 6.79. The summed E-state index contributed by atoms with van der Waals surface area (Å²) in [6.07, 6.45) is 3.02. The fourth-order valence-electron chi connectivity index (χ4n) is 7.55. The zero-order chi connectivity index (χ0) is 24.3. The molecule has 33 heavy (non-hydrogen) atoms. The number of fused-ring (bicyclic) bond motifs is 5. The Kier molecular flexibility index (Phi) is 4.79. The van der Waals surface area contributed by atoms with Crippen LogP contribution in [0.3, 0.4) is 0 Å². The van der Waals surface area contributed by atoms with Crippen molar-refractivity contribution in [2.24, 2.45) is 40.4 Å². The van der Waals surface area contributed by atoms with Crippen LogP contribution >= 0.6 is 0 Å². The summed E-state index contributed by atoms with van der Waals surface area (Å²) in [5.74, 6) is -1.48. The molecule has 6 heteroatoms. The van der Waals surface area contributed by atoms with E-state index in [0.717, 1.165) is 17.6 Å². The summed E-state index contributed by atoms with van der Waals surface area (Å²) in [4.78, 5) is 27.3. The predicted molar refractivity (Wildman–Crippen MR) is 122 cm³/mol. The Balaban J connectivity index is 1.73. The summed E-state index contributed by atoms with van der Waals surface area (Å²) in [5, 5.41) is 12.8. The van der Waals surface area contributed by atoms with Gasteiger partial charge in [-0.25, -0.2) is 0 Å². The van der Waals surface area contributed by atoms with Gasteiger partial charge in [-0.15, -0.1) is 0 Å². The molecule has 0 amide bonds. The molecule has 0 aromatic rings. The van der Waals surface area contributed by atoms with Crippen LogP contribution in [0.15, 0.2) is 23.3 Å². The van der Waals surface area contributed by atoms with Gasteiger partial charge in [0.25, 0.3) is 0 Å². The van der Waals surface area contributed by atoms with E-state index in [1.165, 1.54) is 0 Å². The average molecular weight is 459 g/mol. The summed E-state index contributed by atoms with van der Waals surface area (Å²) in [6, 6.07) is 0. The Morgan fingerprint density at radius 2 is 1.91 bits per heavy atom. The van der Waals surface area contributed by atoms with Gasteiger partial charge in [-0.05, 0) is 61.5 Å². The van der Waals surface area contributed by atoms with Crippen molar-refractivity contribution >= 4 is 11.8 Å². The molecule has 3 fully saturated rings. The molecule has 8 atom stereocenters. The first-order valence-electron chi connectivity index (χ1n) is 12.4. The summed E-state index contributed by atoms with van der Waals surface area (Å²) in [6.45, 7) is 15.9. The zero-order valence-electron chi connectivity index (χ0n) is 21.1. The van der Waals surface area contributed by atoms with E-state index in [1.807, 2.05) is 32.9 Å². The largest absolute Gasteiger partial charge is 0.454 e. The normalized spacial score (nSPS) is 46.8. The standard InChI is InChI=1S/C27H38O6/c1-13(2)23(29)32-21-14(3)11-26-15(4)9-18-19(24(18,5)6)17(20(26)28)10-16-12-31-25(7,8)33-22(16)27(21,26)30/h10-11,13,15,17-19,21-22,30H,9,12H2,1-8H3. The van der Waals surface area contributed by atoms with Crippen molar-refractivity contribution in [1.29, 1.82) is 0 Å². The number of hydrogen-bond donors (Lipinski definition) is 1. The number of rotatable bonds is 2. The molecule has 4 aliphatic carbocycles. The number of aliphatic hydroxyl groups is 1. The first kappa shape index (κ1) is 23.3. The van der Waals surface area contributed by atoms with E-state index in [1.54, 1.807) is 13.8 Å². The molecule has 1 heterocycles. The first-order valence-corrected chi connectivity index (χ1v) is 12.4. The van der Waals surface area contributed by atoms with Gasteiger partial charge in [0.1, 0.15) is 6.10 Å². The molecular formula is C27H38O6. The molecule has 1 aliphatic heterocycles. The summed E-state index contributed by atoms with van der Waals surface area (Å²) >= 11 is 0. The van der Waals surface area contributed by atoms with Gasteiger partial charge < -0.3 is 19.3 Å². The smallest absolute Gasteiger partial charge is 0.309 e. The second-order valence-electron chi connectivity index (χ2n) is 12.5. The lowest BCUT2D eigenvalue weighted by Gasteiger charge is -2.52. The molecule has 1 saturated heterocycles. The summed E-state index contributed by atoms with van der Waals surface area (Å²) < 4.78 is 18.4. The SMILES string of the molecule is CC1=CC23C(=O)C(C=C4COC(C)(C)OC4C2(O)C1OC(=O)C(C)C)C1C(CC3C)C1(C)C. The fraction of sp³-hybridized carbons (Fsp3) is 0.778. The Labute approximate surface area is 196 Å². The molecule has 2 saturated carbocycles. The summed E-state index contributed by atoms with van der Waals surface area (Å²) in [7, 11) is 0. The molecule has 0 aromatic carbocycles. The van der Waals surface area contributed by atoms with Gasteiger partial charge >= 0.3 is 5.97 Å². The maximum atomic E-state index is 14.5. The lowest BCUT2D eigenvalue weighted by Crippen LogP contribution is -2.68. The zero-order valence-corrected chi connectivity index (χ0v) is 21.1. The molecular weight excluding hydrogens is 420 g/mol. The predicted octanol–water partition coefficient (Wildman–Crippen LogP) is 3.82. The Morgan fingerprint density at radius 3 is 2.55 bits per heavy atom. The van der Waals surface area contributed by atoms with E-state index in [9.17, 15) is 14.7 Å². The molecule has 0 aromatic heterocycles. The van der Waals surface area contributed by atoms with Crippen molar-refractivity contribution in [3.05, 3.63) is 23.3 Å². The Bertz CT molecular complexity index is 973. The highest BCUT2D eigenvalue weighted by molar-refractivity contribution is 5.95. The highest BCUT2D eigenvalue weighted by atomic mass is 16.7. The molecule has 182 valence electrons. The van der Waals surface area contributed by atoms with Crippen molar-refractivity contribution < 1.29 is 28.9 Å². The van der Waals surface area contributed by atoms with Crippen molar-refractivity contribution in [2.45, 2.75) is 85.4 Å². The van der Waals surface area contributed by atoms with Gasteiger partial charge in [-0.3, -0.25) is 9.59 Å². The van der Waals surface area contributed by atoms with Crippen LogP contribution in [0.25, 0.3) is 0 Å². The highest BCUT2D eigenvalue weighted by Gasteiger charge is 2.77. The van der Waals surface area contributed by atoms with Crippen LogP contribution in [0.5, 0.6) is 0 Å². The topological polar surface area (TPSA) is 82.1 Å². The molecule has 5 aliphatic rings. The molecule has 1 N–H and O–H groups in total. The number of carbonyl (C=O) groups excluding carboxylic acids is 2. The minimum atomic E-state index is -1.74. The van der Waals surface area contributed by atoms with Crippen LogP contribution in [0, 0.1) is 40.4 Å². The number of allylic oxidation sites excluding steroid dienone is 1. The van der Waals surface area contributed by atoms with Crippen molar-refractivity contribution in [1.82, 2.24) is 0 Å². The quantitative estimate of drug-likeness (QED) is 0.500. The van der Waals surface area contributed by atoms with Gasteiger partial charge in [-0.2, -0.15) is 0 Å². The Hall–Kier alpha value is -1.50. The van der Waals surface area contributed by atoms with Crippen LogP contribution in [0.2, 0.25) is 0 Å². The fourth-order valence-corrected chi connectivity index (χ4v) is 7.55.